The number of nitrogens with one attached hydrogen (secondary N) is 1. The molecule has 0 bridgehead atoms. The van der Waals surface area contributed by atoms with Crippen molar-refractivity contribution in [3.05, 3.63) is 65.6 Å². The van der Waals surface area contributed by atoms with Gasteiger partial charge in [0.15, 0.2) is 0 Å². The summed E-state index contributed by atoms with van der Waals surface area (Å²) < 4.78 is 0. The fraction of sp³-hybridized carbons (Fsp3) is 0. The third-order valence-electron chi connectivity index (χ3n) is 3.12. The van der Waals surface area contributed by atoms with Crippen molar-refractivity contribution >= 4 is 24.1 Å². The number of hydrogen-bond donors (Lipinski definition) is 1. The van der Waals surface area contributed by atoms with Gasteiger partial charge >= 0.3 is 6.85 Å². The Bertz CT molecular complexity index is 641. The van der Waals surface area contributed by atoms with Gasteiger partial charge in [0.1, 0.15) is 0 Å². The molecule has 0 fully saturated rings. The van der Waals surface area contributed by atoms with E-state index in [2.05, 4.69) is 35.5 Å². The van der Waals surface area contributed by atoms with Crippen LogP contribution in [-0.2, 0) is 0 Å². The predicted octanol–water partition coefficient (Wildman–Crippen LogP) is 2.43. The summed E-state index contributed by atoms with van der Waals surface area (Å²) in [4.78, 5) is 0. The third kappa shape index (κ3) is 1.89. The van der Waals surface area contributed by atoms with Gasteiger partial charge in [-0.05, 0) is 23.8 Å². The van der Waals surface area contributed by atoms with Crippen LogP contribution >= 0.6 is 0 Å². The van der Waals surface area contributed by atoms with Crippen LogP contribution in [0.2, 0.25) is 0 Å². The van der Waals surface area contributed by atoms with Gasteiger partial charge in [0.25, 0.3) is 0 Å². The first-order chi connectivity index (χ1) is 8.86. The SMILES string of the molecule is N#Cc1ccc2c(c1)C=CB(c1ccccc1)N2. The maximum atomic E-state index is 8.87. The molecule has 84 valence electrons. The lowest BCUT2D eigenvalue weighted by atomic mass is 9.54. The number of rotatable bonds is 1. The Hall–Kier alpha value is -2.47. The number of nitrogens with zero attached hydrogens (tertiary/aromatic N) is 1. The standard InChI is InChI=1S/C15H11BN2/c17-11-12-6-7-15-13(10-12)8-9-16(18-15)14-4-2-1-3-5-14/h1-10,18H. The molecule has 0 unspecified atom stereocenters. The van der Waals surface area contributed by atoms with Crippen LogP contribution in [0.5, 0.6) is 0 Å². The minimum absolute atomic E-state index is 0.201. The lowest BCUT2D eigenvalue weighted by molar-refractivity contribution is 1.47. The van der Waals surface area contributed by atoms with Crippen LogP contribution in [-0.4, -0.2) is 6.85 Å². The summed E-state index contributed by atoms with van der Waals surface area (Å²) in [6, 6.07) is 18.2. The fourth-order valence-corrected chi connectivity index (χ4v) is 2.17. The number of fused-ring (bicyclic) bond motifs is 1. The summed E-state index contributed by atoms with van der Waals surface area (Å²) >= 11 is 0. The van der Waals surface area contributed by atoms with Gasteiger partial charge in [0, 0.05) is 5.69 Å². The summed E-state index contributed by atoms with van der Waals surface area (Å²) in [7, 11) is 0. The molecular formula is C15H11BN2. The molecule has 3 heteroatoms. The summed E-state index contributed by atoms with van der Waals surface area (Å²) in [5.41, 5.74) is 4.08. The van der Waals surface area contributed by atoms with Crippen molar-refractivity contribution in [1.29, 1.82) is 5.26 Å². The first kappa shape index (κ1) is 10.7. The van der Waals surface area contributed by atoms with E-state index in [-0.39, 0.29) is 6.85 Å². The Kier molecular flexibility index (Phi) is 2.62. The highest BCUT2D eigenvalue weighted by molar-refractivity contribution is 6.81. The molecule has 0 atom stereocenters. The van der Waals surface area contributed by atoms with Gasteiger partial charge < -0.3 is 5.23 Å². The van der Waals surface area contributed by atoms with Crippen LogP contribution in [0.4, 0.5) is 5.69 Å². The van der Waals surface area contributed by atoms with Crippen LogP contribution in [0.3, 0.4) is 0 Å². The zero-order valence-corrected chi connectivity index (χ0v) is 9.80. The van der Waals surface area contributed by atoms with Crippen LogP contribution in [0, 0.1) is 11.3 Å². The minimum atomic E-state index is 0.201. The maximum absolute atomic E-state index is 8.87. The lowest BCUT2D eigenvalue weighted by Crippen LogP contribution is -2.38. The van der Waals surface area contributed by atoms with Crippen molar-refractivity contribution < 1.29 is 0 Å². The van der Waals surface area contributed by atoms with Gasteiger partial charge in [-0.3, -0.25) is 0 Å². The molecule has 0 radical (unpaired) electrons. The van der Waals surface area contributed by atoms with Crippen LogP contribution in [0.25, 0.3) is 6.08 Å². The number of hydrogen-bond acceptors (Lipinski definition) is 2. The first-order valence-corrected chi connectivity index (χ1v) is 5.91. The molecule has 2 aromatic carbocycles. The van der Waals surface area contributed by atoms with E-state index in [0.717, 1.165) is 11.3 Å². The van der Waals surface area contributed by atoms with Crippen molar-refractivity contribution in [2.24, 2.45) is 0 Å². The van der Waals surface area contributed by atoms with E-state index in [1.165, 1.54) is 5.46 Å². The quantitative estimate of drug-likeness (QED) is 0.763. The van der Waals surface area contributed by atoms with Gasteiger partial charge in [0.05, 0.1) is 11.6 Å². The minimum Gasteiger partial charge on any atom is -0.420 e. The van der Waals surface area contributed by atoms with Crippen molar-refractivity contribution in [1.82, 2.24) is 0 Å². The molecular weight excluding hydrogens is 219 g/mol. The highest BCUT2D eigenvalue weighted by atomic mass is 14.8. The van der Waals surface area contributed by atoms with Crippen molar-refractivity contribution in [3.63, 3.8) is 0 Å². The molecule has 0 saturated heterocycles. The Morgan fingerprint density at radius 1 is 1.06 bits per heavy atom. The van der Waals surface area contributed by atoms with E-state index >= 15 is 0 Å². The second kappa shape index (κ2) is 4.42. The van der Waals surface area contributed by atoms with Crippen molar-refractivity contribution in [3.8, 4) is 6.07 Å². The largest absolute Gasteiger partial charge is 0.420 e. The average molecular weight is 230 g/mol. The van der Waals surface area contributed by atoms with Crippen molar-refractivity contribution in [2.75, 3.05) is 5.23 Å². The summed E-state index contributed by atoms with van der Waals surface area (Å²) in [6.07, 6.45) is 2.07. The fourth-order valence-electron chi connectivity index (χ4n) is 2.17. The Morgan fingerprint density at radius 3 is 2.67 bits per heavy atom. The van der Waals surface area contributed by atoms with Gasteiger partial charge in [0.2, 0.25) is 0 Å². The summed E-state index contributed by atoms with van der Waals surface area (Å²) in [5, 5.41) is 12.3. The zero-order valence-electron chi connectivity index (χ0n) is 9.80. The molecule has 0 aliphatic carbocycles. The molecule has 0 amide bonds. The average Bonchev–Trinajstić information content (AvgIpc) is 2.47. The second-order valence-electron chi connectivity index (χ2n) is 4.31. The number of anilines is 1. The van der Waals surface area contributed by atoms with Crippen LogP contribution < -0.4 is 10.7 Å². The van der Waals surface area contributed by atoms with E-state index in [9.17, 15) is 0 Å². The number of benzene rings is 2. The molecule has 1 heterocycles. The monoisotopic (exact) mass is 230 g/mol. The second-order valence-corrected chi connectivity index (χ2v) is 4.31. The van der Waals surface area contributed by atoms with Crippen molar-refractivity contribution in [2.45, 2.75) is 0 Å². The summed E-state index contributed by atoms with van der Waals surface area (Å²) in [6.45, 7) is 0.201. The van der Waals surface area contributed by atoms with Crippen LogP contribution in [0.15, 0.2) is 54.5 Å². The van der Waals surface area contributed by atoms with Gasteiger partial charge in [-0.15, -0.1) is 0 Å². The molecule has 2 aromatic rings. The van der Waals surface area contributed by atoms with E-state index in [0.29, 0.717) is 5.56 Å². The Balaban J connectivity index is 1.94. The summed E-state index contributed by atoms with van der Waals surface area (Å²) in [5.74, 6) is 2.12. The lowest BCUT2D eigenvalue weighted by Gasteiger charge is -2.20. The molecule has 1 aliphatic rings. The molecule has 0 aromatic heterocycles. The molecule has 3 rings (SSSR count). The third-order valence-corrected chi connectivity index (χ3v) is 3.12. The number of nitriles is 1. The smallest absolute Gasteiger partial charge is 0.313 e. The van der Waals surface area contributed by atoms with Gasteiger partial charge in [-0.1, -0.05) is 47.8 Å². The first-order valence-electron chi connectivity index (χ1n) is 5.91. The van der Waals surface area contributed by atoms with E-state index in [4.69, 9.17) is 5.26 Å². The highest BCUT2D eigenvalue weighted by Crippen LogP contribution is 2.22. The molecule has 1 aliphatic heterocycles. The van der Waals surface area contributed by atoms with E-state index < -0.39 is 0 Å². The Labute approximate surface area is 107 Å². The predicted molar refractivity (Wildman–Crippen MR) is 75.6 cm³/mol. The Morgan fingerprint density at radius 2 is 1.89 bits per heavy atom. The normalized spacial score (nSPS) is 12.5. The molecule has 0 saturated carbocycles. The van der Waals surface area contributed by atoms with Gasteiger partial charge in [-0.25, -0.2) is 0 Å². The molecule has 18 heavy (non-hydrogen) atoms. The molecule has 1 N–H and O–H groups in total. The molecule has 0 spiro atoms. The van der Waals surface area contributed by atoms with Crippen LogP contribution in [0.1, 0.15) is 11.1 Å². The topological polar surface area (TPSA) is 35.8 Å². The van der Waals surface area contributed by atoms with Gasteiger partial charge in [-0.2, -0.15) is 5.26 Å². The maximum Gasteiger partial charge on any atom is 0.313 e. The van der Waals surface area contributed by atoms with E-state index in [1.54, 1.807) is 0 Å². The van der Waals surface area contributed by atoms with E-state index in [1.807, 2.05) is 36.4 Å². The zero-order chi connectivity index (χ0) is 12.4. The molecule has 2 nitrogen and oxygen atoms in total. The highest BCUT2D eigenvalue weighted by Gasteiger charge is 2.18.